The lowest BCUT2D eigenvalue weighted by Gasteiger charge is -2.13. The van der Waals surface area contributed by atoms with Gasteiger partial charge in [-0.2, -0.15) is 0 Å². The number of fused-ring (bicyclic) bond motifs is 1. The average molecular weight is 422 g/mol. The van der Waals surface area contributed by atoms with E-state index in [1.54, 1.807) is 35.7 Å². The number of aromatic nitrogens is 1. The number of amides is 3. The lowest BCUT2D eigenvalue weighted by Crippen LogP contribution is -2.32. The van der Waals surface area contributed by atoms with Crippen LogP contribution in [0.25, 0.3) is 0 Å². The lowest BCUT2D eigenvalue weighted by atomic mass is 10.1. The van der Waals surface area contributed by atoms with Gasteiger partial charge in [0.15, 0.2) is 0 Å². The van der Waals surface area contributed by atoms with Gasteiger partial charge in [0, 0.05) is 42.0 Å². The zero-order chi connectivity index (χ0) is 17.8. The first kappa shape index (κ1) is 17.8. The number of imide groups is 1. The minimum absolute atomic E-state index is 0.0871. The molecule has 0 unspecified atom stereocenters. The minimum atomic E-state index is -0.300. The third kappa shape index (κ3) is 4.13. The Bertz CT molecular complexity index is 807. The molecule has 3 amide bonds. The average Bonchev–Trinajstić information content (AvgIpc) is 3.18. The molecule has 0 spiro atoms. The summed E-state index contributed by atoms with van der Waals surface area (Å²) in [6, 6.07) is 5.04. The van der Waals surface area contributed by atoms with Crippen LogP contribution in [0.15, 0.2) is 34.2 Å². The topological polar surface area (TPSA) is 79.4 Å². The first-order valence-corrected chi connectivity index (χ1v) is 9.54. The Morgan fingerprint density at radius 1 is 1.24 bits per heavy atom. The largest absolute Gasteiger partial charge is 0.356 e. The highest BCUT2D eigenvalue weighted by Crippen LogP contribution is 2.26. The molecule has 1 aromatic heterocycles. The van der Waals surface area contributed by atoms with Crippen molar-refractivity contribution >= 4 is 45.0 Å². The van der Waals surface area contributed by atoms with Gasteiger partial charge in [-0.05, 0) is 24.6 Å². The van der Waals surface area contributed by atoms with Gasteiger partial charge < -0.3 is 5.32 Å². The standard InChI is InChI=1S/C17H16BrN3O3S/c18-11-3-4-12-13(10-11)17(24)21(16(12)23)8-1-2-14(22)19-6-5-15-20-7-9-25-15/h3-4,7,9-10H,1-2,5-6,8H2,(H,19,22). The van der Waals surface area contributed by atoms with Gasteiger partial charge in [-0.25, -0.2) is 4.98 Å². The predicted octanol–water partition coefficient (Wildman–Crippen LogP) is 2.64. The fraction of sp³-hybridized carbons (Fsp3) is 0.294. The van der Waals surface area contributed by atoms with Crippen LogP contribution in [0.2, 0.25) is 0 Å². The van der Waals surface area contributed by atoms with Gasteiger partial charge in [0.05, 0.1) is 16.1 Å². The lowest BCUT2D eigenvalue weighted by molar-refractivity contribution is -0.121. The van der Waals surface area contributed by atoms with Crippen LogP contribution in [0.4, 0.5) is 0 Å². The van der Waals surface area contributed by atoms with E-state index in [2.05, 4.69) is 26.2 Å². The van der Waals surface area contributed by atoms with Gasteiger partial charge >= 0.3 is 0 Å². The number of rotatable bonds is 7. The number of carbonyl (C=O) groups is 3. The first-order valence-electron chi connectivity index (χ1n) is 7.87. The molecule has 0 aliphatic carbocycles. The molecule has 25 heavy (non-hydrogen) atoms. The summed E-state index contributed by atoms with van der Waals surface area (Å²) >= 11 is 4.86. The van der Waals surface area contributed by atoms with Crippen molar-refractivity contribution in [3.05, 3.63) is 50.4 Å². The number of nitrogens with one attached hydrogen (secondary N) is 1. The summed E-state index contributed by atoms with van der Waals surface area (Å²) in [7, 11) is 0. The maximum Gasteiger partial charge on any atom is 0.261 e. The quantitative estimate of drug-likeness (QED) is 0.696. The second-order valence-corrected chi connectivity index (χ2v) is 7.48. The van der Waals surface area contributed by atoms with E-state index in [1.807, 2.05) is 5.38 Å². The van der Waals surface area contributed by atoms with E-state index in [4.69, 9.17) is 0 Å². The summed E-state index contributed by atoms with van der Waals surface area (Å²) in [5.74, 6) is -0.682. The molecular weight excluding hydrogens is 406 g/mol. The van der Waals surface area contributed by atoms with E-state index >= 15 is 0 Å². The number of hydrogen-bond acceptors (Lipinski definition) is 5. The van der Waals surface area contributed by atoms with Gasteiger partial charge in [0.25, 0.3) is 11.8 Å². The third-order valence-electron chi connectivity index (χ3n) is 3.86. The SMILES string of the molecule is O=C(CCCN1C(=O)c2ccc(Br)cc2C1=O)NCCc1nccs1. The summed E-state index contributed by atoms with van der Waals surface area (Å²) in [6.45, 7) is 0.775. The Hall–Kier alpha value is -2.06. The van der Waals surface area contributed by atoms with Crippen LogP contribution in [0.3, 0.4) is 0 Å². The number of hydrogen-bond donors (Lipinski definition) is 1. The van der Waals surface area contributed by atoms with Crippen LogP contribution < -0.4 is 5.32 Å². The molecule has 8 heteroatoms. The Morgan fingerprint density at radius 2 is 2.04 bits per heavy atom. The molecule has 0 saturated heterocycles. The number of benzene rings is 1. The highest BCUT2D eigenvalue weighted by molar-refractivity contribution is 9.10. The van der Waals surface area contributed by atoms with Crippen LogP contribution in [-0.4, -0.2) is 40.7 Å². The predicted molar refractivity (Wildman–Crippen MR) is 97.6 cm³/mol. The van der Waals surface area contributed by atoms with E-state index < -0.39 is 0 Å². The Balaban J connectivity index is 1.44. The van der Waals surface area contributed by atoms with Crippen LogP contribution in [0.1, 0.15) is 38.6 Å². The molecule has 2 heterocycles. The molecule has 1 N–H and O–H groups in total. The zero-order valence-corrected chi connectivity index (χ0v) is 15.7. The molecule has 1 aromatic carbocycles. The fourth-order valence-electron chi connectivity index (χ4n) is 2.64. The monoisotopic (exact) mass is 421 g/mol. The van der Waals surface area contributed by atoms with Gasteiger partial charge in [-0.1, -0.05) is 15.9 Å². The van der Waals surface area contributed by atoms with Crippen LogP contribution >= 0.6 is 27.3 Å². The van der Waals surface area contributed by atoms with Crippen LogP contribution in [0.5, 0.6) is 0 Å². The minimum Gasteiger partial charge on any atom is -0.356 e. The second-order valence-electron chi connectivity index (χ2n) is 5.58. The van der Waals surface area contributed by atoms with Gasteiger partial charge in [-0.3, -0.25) is 19.3 Å². The number of halogens is 1. The highest BCUT2D eigenvalue weighted by atomic mass is 79.9. The molecule has 2 aromatic rings. The molecule has 6 nitrogen and oxygen atoms in total. The highest BCUT2D eigenvalue weighted by Gasteiger charge is 2.35. The molecule has 0 radical (unpaired) electrons. The van der Waals surface area contributed by atoms with Crippen molar-refractivity contribution in [2.75, 3.05) is 13.1 Å². The molecule has 0 fully saturated rings. The van der Waals surface area contributed by atoms with Crippen molar-refractivity contribution in [2.45, 2.75) is 19.3 Å². The van der Waals surface area contributed by atoms with E-state index in [1.165, 1.54) is 4.90 Å². The van der Waals surface area contributed by atoms with Crippen molar-refractivity contribution in [3.8, 4) is 0 Å². The molecule has 0 saturated carbocycles. The third-order valence-corrected chi connectivity index (χ3v) is 5.20. The van der Waals surface area contributed by atoms with Crippen molar-refractivity contribution in [2.24, 2.45) is 0 Å². The zero-order valence-electron chi connectivity index (χ0n) is 13.3. The van der Waals surface area contributed by atoms with Crippen molar-refractivity contribution in [3.63, 3.8) is 0 Å². The molecule has 1 aliphatic rings. The van der Waals surface area contributed by atoms with E-state index in [-0.39, 0.29) is 30.7 Å². The van der Waals surface area contributed by atoms with Gasteiger partial charge in [-0.15, -0.1) is 11.3 Å². The number of thiazole rings is 1. The fourth-order valence-corrected chi connectivity index (χ4v) is 3.62. The molecular formula is C17H16BrN3O3S. The summed E-state index contributed by atoms with van der Waals surface area (Å²) in [6.07, 6.45) is 3.16. The number of carbonyl (C=O) groups excluding carboxylic acids is 3. The maximum atomic E-state index is 12.3. The van der Waals surface area contributed by atoms with Crippen molar-refractivity contribution in [1.29, 1.82) is 0 Å². The molecule has 3 rings (SSSR count). The second kappa shape index (κ2) is 7.88. The van der Waals surface area contributed by atoms with E-state index in [0.29, 0.717) is 30.5 Å². The van der Waals surface area contributed by atoms with Gasteiger partial charge in [0.1, 0.15) is 0 Å². The first-order chi connectivity index (χ1) is 12.1. The Labute approximate surface area is 157 Å². The van der Waals surface area contributed by atoms with Crippen LogP contribution in [-0.2, 0) is 11.2 Å². The summed E-state index contributed by atoms with van der Waals surface area (Å²) < 4.78 is 0.758. The van der Waals surface area contributed by atoms with Gasteiger partial charge in [0.2, 0.25) is 5.91 Å². The summed E-state index contributed by atoms with van der Waals surface area (Å²) in [5, 5.41) is 5.71. The van der Waals surface area contributed by atoms with E-state index in [9.17, 15) is 14.4 Å². The molecule has 0 bridgehead atoms. The molecule has 0 atom stereocenters. The molecule has 130 valence electrons. The maximum absolute atomic E-state index is 12.3. The Morgan fingerprint density at radius 3 is 2.80 bits per heavy atom. The van der Waals surface area contributed by atoms with Crippen molar-refractivity contribution in [1.82, 2.24) is 15.2 Å². The molecule has 1 aliphatic heterocycles. The van der Waals surface area contributed by atoms with E-state index in [0.717, 1.165) is 9.48 Å². The normalized spacial score (nSPS) is 13.2. The number of nitrogens with zero attached hydrogens (tertiary/aromatic N) is 2. The summed E-state index contributed by atoms with van der Waals surface area (Å²) in [5.41, 5.74) is 0.827. The van der Waals surface area contributed by atoms with Crippen molar-refractivity contribution < 1.29 is 14.4 Å². The van der Waals surface area contributed by atoms with Crippen LogP contribution in [0, 0.1) is 0 Å². The smallest absolute Gasteiger partial charge is 0.261 e. The summed E-state index contributed by atoms with van der Waals surface area (Å²) in [4.78, 5) is 41.8. The Kier molecular flexibility index (Phi) is 5.60.